The molecule has 0 aromatic carbocycles. The van der Waals surface area contributed by atoms with Gasteiger partial charge in [0, 0.05) is 31.4 Å². The highest BCUT2D eigenvalue weighted by molar-refractivity contribution is 5.46. The molecule has 1 aromatic rings. The van der Waals surface area contributed by atoms with Crippen LogP contribution in [-0.2, 0) is 4.74 Å². The molecule has 0 amide bonds. The molecule has 2 aliphatic rings. The van der Waals surface area contributed by atoms with Crippen molar-refractivity contribution in [3.63, 3.8) is 0 Å². The number of aromatic nitrogens is 1. The second-order valence-corrected chi connectivity index (χ2v) is 5.39. The molecule has 3 rings (SSSR count). The number of rotatable bonds is 2. The topological polar surface area (TPSA) is 28.6 Å². The molecule has 1 atom stereocenters. The maximum absolute atomic E-state index is 5.28. The fourth-order valence-corrected chi connectivity index (χ4v) is 2.76. The molecule has 112 valence electrons. The molecule has 0 spiro atoms. The van der Waals surface area contributed by atoms with Crippen LogP contribution in [-0.4, -0.2) is 54.8 Å². The number of hydrogen-bond donors (Lipinski definition) is 0. The third-order valence-corrected chi connectivity index (χ3v) is 4.02. The molecule has 0 saturated carbocycles. The number of pyridine rings is 1. The minimum absolute atomic E-state index is 0.545. The molecular formula is C16H27N3O. The number of piperazine rings is 1. The summed E-state index contributed by atoms with van der Waals surface area (Å²) in [5.74, 6) is 0. The lowest BCUT2D eigenvalue weighted by Gasteiger charge is -2.46. The molecule has 2 aliphatic heterocycles. The van der Waals surface area contributed by atoms with Gasteiger partial charge in [-0.1, -0.05) is 13.8 Å². The summed E-state index contributed by atoms with van der Waals surface area (Å²) in [6.07, 6.45) is 1.99. The van der Waals surface area contributed by atoms with Crippen LogP contribution in [0, 0.1) is 6.92 Å². The van der Waals surface area contributed by atoms with Crippen LogP contribution in [0.25, 0.3) is 0 Å². The van der Waals surface area contributed by atoms with Crippen molar-refractivity contribution in [3.8, 4) is 0 Å². The van der Waals surface area contributed by atoms with E-state index < -0.39 is 0 Å². The third-order valence-electron chi connectivity index (χ3n) is 4.02. The van der Waals surface area contributed by atoms with Crippen molar-refractivity contribution < 1.29 is 4.74 Å². The van der Waals surface area contributed by atoms with Crippen LogP contribution in [0.4, 0.5) is 5.69 Å². The minimum Gasteiger partial charge on any atom is -0.378 e. The smallest absolute Gasteiger partial charge is 0.0645 e. The Balaban J connectivity index is 0.000000704. The Hall–Kier alpha value is -1.13. The highest BCUT2D eigenvalue weighted by atomic mass is 16.5. The van der Waals surface area contributed by atoms with Gasteiger partial charge in [0.05, 0.1) is 31.1 Å². The SMILES string of the molecule is CC.Cc1ccc(N2CCN(C3COC3)CC2C)cn1. The normalized spacial score (nSPS) is 23.8. The summed E-state index contributed by atoms with van der Waals surface area (Å²) in [4.78, 5) is 9.42. The predicted molar refractivity (Wildman–Crippen MR) is 83.3 cm³/mol. The molecule has 1 aromatic heterocycles. The van der Waals surface area contributed by atoms with E-state index in [9.17, 15) is 0 Å². The first-order valence-electron chi connectivity index (χ1n) is 7.75. The molecule has 1 unspecified atom stereocenters. The van der Waals surface area contributed by atoms with Gasteiger partial charge in [-0.3, -0.25) is 9.88 Å². The van der Waals surface area contributed by atoms with Gasteiger partial charge >= 0.3 is 0 Å². The number of ether oxygens (including phenoxy) is 1. The third kappa shape index (κ3) is 3.30. The Morgan fingerprint density at radius 3 is 2.45 bits per heavy atom. The van der Waals surface area contributed by atoms with Crippen molar-refractivity contribution in [1.82, 2.24) is 9.88 Å². The van der Waals surface area contributed by atoms with E-state index in [4.69, 9.17) is 4.74 Å². The molecule has 0 radical (unpaired) electrons. The molecule has 4 heteroatoms. The molecular weight excluding hydrogens is 250 g/mol. The molecule has 20 heavy (non-hydrogen) atoms. The van der Waals surface area contributed by atoms with Gasteiger partial charge in [-0.15, -0.1) is 0 Å². The van der Waals surface area contributed by atoms with Crippen LogP contribution in [0.1, 0.15) is 26.5 Å². The van der Waals surface area contributed by atoms with Crippen LogP contribution >= 0.6 is 0 Å². The van der Waals surface area contributed by atoms with Crippen LogP contribution < -0.4 is 4.90 Å². The zero-order chi connectivity index (χ0) is 14.5. The van der Waals surface area contributed by atoms with Crippen LogP contribution in [0.15, 0.2) is 18.3 Å². The number of nitrogens with zero attached hydrogens (tertiary/aromatic N) is 3. The second kappa shape index (κ2) is 7.04. The highest BCUT2D eigenvalue weighted by Gasteiger charge is 2.32. The zero-order valence-corrected chi connectivity index (χ0v) is 13.2. The molecule has 0 bridgehead atoms. The van der Waals surface area contributed by atoms with E-state index in [-0.39, 0.29) is 0 Å². The van der Waals surface area contributed by atoms with Gasteiger partial charge < -0.3 is 9.64 Å². The Morgan fingerprint density at radius 1 is 1.20 bits per heavy atom. The summed E-state index contributed by atoms with van der Waals surface area (Å²) in [6.45, 7) is 13.5. The van der Waals surface area contributed by atoms with Gasteiger partial charge in [0.15, 0.2) is 0 Å². The summed E-state index contributed by atoms with van der Waals surface area (Å²) in [7, 11) is 0. The van der Waals surface area contributed by atoms with Gasteiger partial charge in [-0.25, -0.2) is 0 Å². The first kappa shape index (κ1) is 15.3. The Bertz CT molecular complexity index is 403. The molecule has 0 N–H and O–H groups in total. The number of aryl methyl sites for hydroxylation is 1. The standard InChI is InChI=1S/C14H21N3O.C2H6/c1-11-3-4-13(7-15-11)17-6-5-16(8-12(17)2)14-9-18-10-14;1-2/h3-4,7,12,14H,5-6,8-10H2,1-2H3;1-2H3. The lowest BCUT2D eigenvalue weighted by atomic mass is 10.1. The van der Waals surface area contributed by atoms with Gasteiger partial charge in [0.25, 0.3) is 0 Å². The zero-order valence-electron chi connectivity index (χ0n) is 13.2. The molecule has 2 fully saturated rings. The van der Waals surface area contributed by atoms with E-state index >= 15 is 0 Å². The lowest BCUT2D eigenvalue weighted by molar-refractivity contribution is -0.0691. The monoisotopic (exact) mass is 277 g/mol. The summed E-state index contributed by atoms with van der Waals surface area (Å²) < 4.78 is 5.28. The van der Waals surface area contributed by atoms with E-state index in [0.717, 1.165) is 38.5 Å². The Labute approximate surface area is 122 Å². The van der Waals surface area contributed by atoms with Gasteiger partial charge in [-0.05, 0) is 26.0 Å². The lowest BCUT2D eigenvalue weighted by Crippen LogP contribution is -2.59. The molecule has 2 saturated heterocycles. The van der Waals surface area contributed by atoms with Crippen molar-refractivity contribution in [1.29, 1.82) is 0 Å². The van der Waals surface area contributed by atoms with Gasteiger partial charge in [0.2, 0.25) is 0 Å². The van der Waals surface area contributed by atoms with Crippen LogP contribution in [0.2, 0.25) is 0 Å². The second-order valence-electron chi connectivity index (χ2n) is 5.39. The average Bonchev–Trinajstić information content (AvgIpc) is 2.41. The van der Waals surface area contributed by atoms with E-state index in [0.29, 0.717) is 12.1 Å². The number of hydrogen-bond acceptors (Lipinski definition) is 4. The summed E-state index contributed by atoms with van der Waals surface area (Å²) in [5, 5.41) is 0. The minimum atomic E-state index is 0.545. The van der Waals surface area contributed by atoms with Crippen molar-refractivity contribution in [2.24, 2.45) is 0 Å². The van der Waals surface area contributed by atoms with Crippen LogP contribution in [0.3, 0.4) is 0 Å². The average molecular weight is 277 g/mol. The van der Waals surface area contributed by atoms with Gasteiger partial charge in [0.1, 0.15) is 0 Å². The predicted octanol–water partition coefficient (Wildman–Crippen LogP) is 2.33. The molecule has 3 heterocycles. The van der Waals surface area contributed by atoms with E-state index in [1.165, 1.54) is 5.69 Å². The summed E-state index contributed by atoms with van der Waals surface area (Å²) in [5.41, 5.74) is 2.33. The van der Waals surface area contributed by atoms with Crippen molar-refractivity contribution in [2.45, 2.75) is 39.8 Å². The molecule has 0 aliphatic carbocycles. The summed E-state index contributed by atoms with van der Waals surface area (Å²) in [6, 6.07) is 5.48. The van der Waals surface area contributed by atoms with Crippen LogP contribution in [0.5, 0.6) is 0 Å². The van der Waals surface area contributed by atoms with Crippen molar-refractivity contribution in [2.75, 3.05) is 37.7 Å². The fourth-order valence-electron chi connectivity index (χ4n) is 2.76. The van der Waals surface area contributed by atoms with Crippen molar-refractivity contribution >= 4 is 5.69 Å². The first-order chi connectivity index (χ1) is 9.74. The van der Waals surface area contributed by atoms with Gasteiger partial charge in [-0.2, -0.15) is 0 Å². The largest absolute Gasteiger partial charge is 0.378 e. The quantitative estimate of drug-likeness (QED) is 0.829. The maximum Gasteiger partial charge on any atom is 0.0645 e. The first-order valence-corrected chi connectivity index (χ1v) is 7.75. The fraction of sp³-hybridized carbons (Fsp3) is 0.688. The maximum atomic E-state index is 5.28. The Kier molecular flexibility index (Phi) is 5.38. The van der Waals surface area contributed by atoms with Crippen molar-refractivity contribution in [3.05, 3.63) is 24.0 Å². The molecule has 4 nitrogen and oxygen atoms in total. The highest BCUT2D eigenvalue weighted by Crippen LogP contribution is 2.22. The number of anilines is 1. The Morgan fingerprint density at radius 2 is 1.95 bits per heavy atom. The van der Waals surface area contributed by atoms with E-state index in [2.05, 4.69) is 33.8 Å². The summed E-state index contributed by atoms with van der Waals surface area (Å²) >= 11 is 0. The van der Waals surface area contributed by atoms with E-state index in [1.54, 1.807) is 0 Å². The van der Waals surface area contributed by atoms with E-state index in [1.807, 2.05) is 27.0 Å².